The van der Waals surface area contributed by atoms with Crippen molar-refractivity contribution in [1.29, 1.82) is 0 Å². The van der Waals surface area contributed by atoms with E-state index in [0.29, 0.717) is 31.8 Å². The Balaban J connectivity index is 1.72. The first-order valence-electron chi connectivity index (χ1n) is 9.44. The van der Waals surface area contributed by atoms with Gasteiger partial charge in [-0.2, -0.15) is 0 Å². The molecule has 0 unspecified atom stereocenters. The number of carbonyl (C=O) groups is 2. The molecule has 1 fully saturated rings. The maximum absolute atomic E-state index is 12.8. The molecule has 1 aromatic heterocycles. The van der Waals surface area contributed by atoms with Crippen molar-refractivity contribution in [1.82, 2.24) is 9.88 Å². The van der Waals surface area contributed by atoms with Crippen LogP contribution in [-0.2, 0) is 16.1 Å². The van der Waals surface area contributed by atoms with Crippen LogP contribution in [0.4, 0.5) is 16.2 Å². The summed E-state index contributed by atoms with van der Waals surface area (Å²) in [7, 11) is 1.61. The smallest absolute Gasteiger partial charge is 0.322 e. The van der Waals surface area contributed by atoms with E-state index in [-0.39, 0.29) is 18.0 Å². The molecule has 0 aliphatic carbocycles. The molecule has 1 aromatic carbocycles. The summed E-state index contributed by atoms with van der Waals surface area (Å²) in [6, 6.07) is 11.1. The number of carbonyl (C=O) groups excluding carboxylic acids is 2. The topological polar surface area (TPSA) is 74.8 Å². The van der Waals surface area contributed by atoms with Crippen molar-refractivity contribution >= 4 is 23.3 Å². The number of methoxy groups -OCH3 is 1. The highest BCUT2D eigenvalue weighted by atomic mass is 16.5. The van der Waals surface area contributed by atoms with Gasteiger partial charge >= 0.3 is 6.03 Å². The number of hydrogen-bond donors (Lipinski definition) is 1. The number of benzene rings is 1. The molecule has 1 saturated heterocycles. The van der Waals surface area contributed by atoms with Crippen molar-refractivity contribution in [2.24, 2.45) is 0 Å². The van der Waals surface area contributed by atoms with Crippen LogP contribution in [0, 0.1) is 0 Å². The molecule has 148 valence electrons. The van der Waals surface area contributed by atoms with Crippen molar-refractivity contribution in [3.05, 3.63) is 54.4 Å². The number of ether oxygens (including phenoxy) is 1. The maximum Gasteiger partial charge on any atom is 0.322 e. The minimum atomic E-state index is -0.223. The second kappa shape index (κ2) is 9.32. The Hall–Kier alpha value is -2.93. The lowest BCUT2D eigenvalue weighted by Gasteiger charge is -2.24. The van der Waals surface area contributed by atoms with Crippen LogP contribution in [0.5, 0.6) is 0 Å². The molecule has 1 aliphatic rings. The van der Waals surface area contributed by atoms with Crippen LogP contribution in [0.1, 0.15) is 25.3 Å². The zero-order valence-electron chi connectivity index (χ0n) is 16.3. The van der Waals surface area contributed by atoms with Gasteiger partial charge in [-0.05, 0) is 43.2 Å². The van der Waals surface area contributed by atoms with Crippen molar-refractivity contribution in [3.8, 4) is 0 Å². The molecule has 2 aromatic rings. The second-order valence-electron chi connectivity index (χ2n) is 6.91. The molecule has 0 bridgehead atoms. The van der Waals surface area contributed by atoms with Crippen molar-refractivity contribution in [2.45, 2.75) is 32.4 Å². The summed E-state index contributed by atoms with van der Waals surface area (Å²) in [4.78, 5) is 32.6. The van der Waals surface area contributed by atoms with E-state index in [1.165, 1.54) is 0 Å². The van der Waals surface area contributed by atoms with Crippen LogP contribution < -0.4 is 10.2 Å². The van der Waals surface area contributed by atoms with Crippen molar-refractivity contribution < 1.29 is 14.3 Å². The van der Waals surface area contributed by atoms with Gasteiger partial charge < -0.3 is 19.9 Å². The first kappa shape index (κ1) is 19.8. The van der Waals surface area contributed by atoms with Crippen LogP contribution in [0.2, 0.25) is 0 Å². The predicted octanol–water partition coefficient (Wildman–Crippen LogP) is 3.28. The van der Waals surface area contributed by atoms with Gasteiger partial charge in [-0.25, -0.2) is 4.79 Å². The molecule has 1 aliphatic heterocycles. The number of anilines is 2. The predicted molar refractivity (Wildman–Crippen MR) is 108 cm³/mol. The summed E-state index contributed by atoms with van der Waals surface area (Å²) in [5.74, 6) is 0.120. The largest absolute Gasteiger partial charge is 0.383 e. The molecule has 1 N–H and O–H groups in total. The molecule has 3 rings (SSSR count). The molecule has 0 spiro atoms. The van der Waals surface area contributed by atoms with Gasteiger partial charge in [0.15, 0.2) is 0 Å². The zero-order chi connectivity index (χ0) is 19.9. The maximum atomic E-state index is 12.8. The molecule has 2 heterocycles. The lowest BCUT2D eigenvalue weighted by atomic mass is 10.2. The number of nitrogens with one attached hydrogen (secondary N) is 1. The fourth-order valence-electron chi connectivity index (χ4n) is 3.33. The average Bonchev–Trinajstić information content (AvgIpc) is 3.04. The van der Waals surface area contributed by atoms with E-state index in [1.807, 2.05) is 43.3 Å². The third-order valence-electron chi connectivity index (χ3n) is 4.81. The normalized spacial score (nSPS) is 16.3. The third-order valence-corrected chi connectivity index (χ3v) is 4.81. The number of rotatable bonds is 7. The van der Waals surface area contributed by atoms with E-state index in [9.17, 15) is 9.59 Å². The molecular formula is C21H26N4O3. The summed E-state index contributed by atoms with van der Waals surface area (Å²) in [5.41, 5.74) is 2.41. The van der Waals surface area contributed by atoms with Crippen molar-refractivity contribution in [3.63, 3.8) is 0 Å². The van der Waals surface area contributed by atoms with Crippen molar-refractivity contribution in [2.75, 3.05) is 30.5 Å². The Labute approximate surface area is 165 Å². The Morgan fingerprint density at radius 2 is 2.21 bits per heavy atom. The Morgan fingerprint density at radius 3 is 2.89 bits per heavy atom. The molecule has 28 heavy (non-hydrogen) atoms. The standard InChI is InChI=1S/C21H26N4O3/c1-16-8-9-20(26)25(16)19-7-3-6-18(13-19)23-21(27)24(11-12-28-2)15-17-5-4-10-22-14-17/h3-7,10,13-14,16H,8-9,11-12,15H2,1-2H3,(H,23,27)/t16-/m0/s1. The monoisotopic (exact) mass is 382 g/mol. The van der Waals surface area contributed by atoms with Gasteiger partial charge in [-0.15, -0.1) is 0 Å². The molecule has 1 atom stereocenters. The third kappa shape index (κ3) is 4.86. The lowest BCUT2D eigenvalue weighted by Crippen LogP contribution is -2.37. The SMILES string of the molecule is COCCN(Cc1cccnc1)C(=O)Nc1cccc(N2C(=O)CC[C@@H]2C)c1. The fraction of sp³-hybridized carbons (Fsp3) is 0.381. The number of urea groups is 1. The van der Waals surface area contributed by atoms with E-state index in [2.05, 4.69) is 10.3 Å². The molecule has 0 radical (unpaired) electrons. The quantitative estimate of drug-likeness (QED) is 0.797. The highest BCUT2D eigenvalue weighted by molar-refractivity contribution is 5.97. The van der Waals surface area contributed by atoms with Crippen LogP contribution in [0.3, 0.4) is 0 Å². The minimum Gasteiger partial charge on any atom is -0.383 e. The number of pyridine rings is 1. The summed E-state index contributed by atoms with van der Waals surface area (Å²) in [6.07, 6.45) is 4.86. The summed E-state index contributed by atoms with van der Waals surface area (Å²) in [6.45, 7) is 3.37. The number of amides is 3. The van der Waals surface area contributed by atoms with E-state index < -0.39 is 0 Å². The summed E-state index contributed by atoms with van der Waals surface area (Å²) >= 11 is 0. The van der Waals surface area contributed by atoms with Gasteiger partial charge in [0, 0.05) is 56.4 Å². The minimum absolute atomic E-state index is 0.120. The Bertz CT molecular complexity index is 812. The van der Waals surface area contributed by atoms with Crippen LogP contribution in [0.25, 0.3) is 0 Å². The average molecular weight is 382 g/mol. The number of aromatic nitrogens is 1. The van der Waals surface area contributed by atoms with Gasteiger partial charge in [0.25, 0.3) is 0 Å². The second-order valence-corrected chi connectivity index (χ2v) is 6.91. The molecule has 7 heteroatoms. The Kier molecular flexibility index (Phi) is 6.60. The number of nitrogens with zero attached hydrogens (tertiary/aromatic N) is 3. The Morgan fingerprint density at radius 1 is 1.36 bits per heavy atom. The summed E-state index contributed by atoms with van der Waals surface area (Å²) < 4.78 is 5.14. The van der Waals surface area contributed by atoms with E-state index in [0.717, 1.165) is 17.7 Å². The van der Waals surface area contributed by atoms with Crippen LogP contribution in [-0.4, -0.2) is 48.1 Å². The van der Waals surface area contributed by atoms with Gasteiger partial charge in [0.2, 0.25) is 5.91 Å². The van der Waals surface area contributed by atoms with Gasteiger partial charge in [0.1, 0.15) is 0 Å². The van der Waals surface area contributed by atoms with Gasteiger partial charge in [-0.3, -0.25) is 9.78 Å². The van der Waals surface area contributed by atoms with Gasteiger partial charge in [-0.1, -0.05) is 12.1 Å². The van der Waals surface area contributed by atoms with Gasteiger partial charge in [0.05, 0.1) is 6.61 Å². The first-order valence-corrected chi connectivity index (χ1v) is 9.44. The van der Waals surface area contributed by atoms with E-state index in [4.69, 9.17) is 4.74 Å². The summed E-state index contributed by atoms with van der Waals surface area (Å²) in [5, 5.41) is 2.94. The van der Waals surface area contributed by atoms with E-state index >= 15 is 0 Å². The highest BCUT2D eigenvalue weighted by Gasteiger charge is 2.28. The molecular weight excluding hydrogens is 356 g/mol. The number of hydrogen-bond acceptors (Lipinski definition) is 4. The van der Waals surface area contributed by atoms with E-state index in [1.54, 1.807) is 29.3 Å². The highest BCUT2D eigenvalue weighted by Crippen LogP contribution is 2.28. The molecule has 0 saturated carbocycles. The molecule has 3 amide bonds. The zero-order valence-corrected chi connectivity index (χ0v) is 16.3. The van der Waals surface area contributed by atoms with Crippen LogP contribution in [0.15, 0.2) is 48.8 Å². The van der Waals surface area contributed by atoms with Crippen LogP contribution >= 0.6 is 0 Å². The fourth-order valence-corrected chi connectivity index (χ4v) is 3.33. The first-order chi connectivity index (χ1) is 13.6. The molecule has 7 nitrogen and oxygen atoms in total. The lowest BCUT2D eigenvalue weighted by molar-refractivity contribution is -0.117.